The zero-order valence-electron chi connectivity index (χ0n) is 8.22. The standard InChI is InChI=1S/C11H14ClNO/c1-2-5-13-10-7-14-11-6-8(12)3-4-9(10)11/h3-4,6,10,13H,2,5,7H2,1H3. The second-order valence-electron chi connectivity index (χ2n) is 3.50. The summed E-state index contributed by atoms with van der Waals surface area (Å²) in [4.78, 5) is 0. The van der Waals surface area contributed by atoms with Crippen LogP contribution in [0.5, 0.6) is 5.75 Å². The van der Waals surface area contributed by atoms with Crippen LogP contribution in [0.1, 0.15) is 24.9 Å². The van der Waals surface area contributed by atoms with Gasteiger partial charge in [0.05, 0.1) is 6.04 Å². The third-order valence-electron chi connectivity index (χ3n) is 2.40. The molecule has 0 aliphatic carbocycles. The van der Waals surface area contributed by atoms with Gasteiger partial charge in [-0.2, -0.15) is 0 Å². The Bertz CT molecular complexity index is 327. The van der Waals surface area contributed by atoms with Crippen LogP contribution in [0.4, 0.5) is 0 Å². The molecule has 1 heterocycles. The molecule has 0 spiro atoms. The number of rotatable bonds is 3. The van der Waals surface area contributed by atoms with Gasteiger partial charge in [-0.3, -0.25) is 0 Å². The van der Waals surface area contributed by atoms with Crippen LogP contribution in [0, 0.1) is 0 Å². The van der Waals surface area contributed by atoms with Gasteiger partial charge in [-0.05, 0) is 25.1 Å². The lowest BCUT2D eigenvalue weighted by atomic mass is 10.1. The minimum atomic E-state index is 0.335. The number of nitrogens with one attached hydrogen (secondary N) is 1. The minimum Gasteiger partial charge on any atom is -0.491 e. The number of benzene rings is 1. The monoisotopic (exact) mass is 211 g/mol. The lowest BCUT2D eigenvalue weighted by Crippen LogP contribution is -2.22. The van der Waals surface area contributed by atoms with Gasteiger partial charge in [-0.25, -0.2) is 0 Å². The van der Waals surface area contributed by atoms with E-state index in [1.807, 2.05) is 18.2 Å². The van der Waals surface area contributed by atoms with Crippen molar-refractivity contribution in [3.63, 3.8) is 0 Å². The van der Waals surface area contributed by atoms with E-state index in [0.717, 1.165) is 30.3 Å². The highest BCUT2D eigenvalue weighted by molar-refractivity contribution is 6.30. The summed E-state index contributed by atoms with van der Waals surface area (Å²) in [6.45, 7) is 3.90. The van der Waals surface area contributed by atoms with Crippen molar-refractivity contribution in [3.05, 3.63) is 28.8 Å². The molecule has 1 aromatic carbocycles. The van der Waals surface area contributed by atoms with Crippen LogP contribution in [0.15, 0.2) is 18.2 Å². The first-order chi connectivity index (χ1) is 6.81. The Balaban J connectivity index is 2.14. The average Bonchev–Trinajstić information content (AvgIpc) is 2.57. The fourth-order valence-electron chi connectivity index (χ4n) is 1.67. The lowest BCUT2D eigenvalue weighted by molar-refractivity contribution is 0.311. The molecule has 0 radical (unpaired) electrons. The molecule has 1 aromatic rings. The molecule has 2 rings (SSSR count). The molecule has 1 N–H and O–H groups in total. The summed E-state index contributed by atoms with van der Waals surface area (Å²) >= 11 is 5.88. The number of hydrogen-bond acceptors (Lipinski definition) is 2. The van der Waals surface area contributed by atoms with Crippen LogP contribution in [0.2, 0.25) is 5.02 Å². The summed E-state index contributed by atoms with van der Waals surface area (Å²) in [7, 11) is 0. The van der Waals surface area contributed by atoms with Gasteiger partial charge in [0.1, 0.15) is 12.4 Å². The summed E-state index contributed by atoms with van der Waals surface area (Å²) < 4.78 is 5.54. The Morgan fingerprint density at radius 2 is 2.43 bits per heavy atom. The van der Waals surface area contributed by atoms with Gasteiger partial charge in [0.25, 0.3) is 0 Å². The molecule has 0 saturated heterocycles. The predicted octanol–water partition coefficient (Wildman–Crippen LogP) is 2.77. The Kier molecular flexibility index (Phi) is 2.94. The molecule has 0 aromatic heterocycles. The lowest BCUT2D eigenvalue weighted by Gasteiger charge is -2.09. The van der Waals surface area contributed by atoms with Crippen LogP contribution in [-0.2, 0) is 0 Å². The third kappa shape index (κ3) is 1.86. The van der Waals surface area contributed by atoms with Gasteiger partial charge in [0.2, 0.25) is 0 Å². The highest BCUT2D eigenvalue weighted by Gasteiger charge is 2.23. The summed E-state index contributed by atoms with van der Waals surface area (Å²) in [6.07, 6.45) is 1.14. The molecule has 1 unspecified atom stereocenters. The van der Waals surface area contributed by atoms with Gasteiger partial charge in [-0.15, -0.1) is 0 Å². The molecular weight excluding hydrogens is 198 g/mol. The molecular formula is C11H14ClNO. The predicted molar refractivity (Wildman–Crippen MR) is 58.0 cm³/mol. The molecule has 0 fully saturated rings. The Morgan fingerprint density at radius 1 is 1.57 bits per heavy atom. The van der Waals surface area contributed by atoms with E-state index >= 15 is 0 Å². The van der Waals surface area contributed by atoms with Crippen LogP contribution in [-0.4, -0.2) is 13.2 Å². The first-order valence-electron chi connectivity index (χ1n) is 4.97. The summed E-state index contributed by atoms with van der Waals surface area (Å²) in [5.74, 6) is 0.922. The zero-order valence-corrected chi connectivity index (χ0v) is 8.97. The summed E-state index contributed by atoms with van der Waals surface area (Å²) in [6, 6.07) is 6.17. The maximum atomic E-state index is 5.88. The van der Waals surface area contributed by atoms with E-state index in [-0.39, 0.29) is 0 Å². The summed E-state index contributed by atoms with van der Waals surface area (Å²) in [5.41, 5.74) is 1.22. The van der Waals surface area contributed by atoms with Gasteiger partial charge >= 0.3 is 0 Å². The summed E-state index contributed by atoms with van der Waals surface area (Å²) in [5, 5.41) is 4.17. The number of fused-ring (bicyclic) bond motifs is 1. The molecule has 1 aliphatic heterocycles. The second-order valence-corrected chi connectivity index (χ2v) is 3.94. The molecule has 76 valence electrons. The highest BCUT2D eigenvalue weighted by atomic mass is 35.5. The van der Waals surface area contributed by atoms with Crippen molar-refractivity contribution in [3.8, 4) is 5.75 Å². The Morgan fingerprint density at radius 3 is 3.21 bits per heavy atom. The topological polar surface area (TPSA) is 21.3 Å². The smallest absolute Gasteiger partial charge is 0.125 e. The van der Waals surface area contributed by atoms with Crippen molar-refractivity contribution < 1.29 is 4.74 Å². The van der Waals surface area contributed by atoms with E-state index in [0.29, 0.717) is 6.04 Å². The molecule has 0 amide bonds. The molecule has 3 heteroatoms. The molecule has 14 heavy (non-hydrogen) atoms. The van der Waals surface area contributed by atoms with Crippen LogP contribution in [0.3, 0.4) is 0 Å². The van der Waals surface area contributed by atoms with Gasteiger partial charge in [0, 0.05) is 10.6 Å². The van der Waals surface area contributed by atoms with E-state index in [1.165, 1.54) is 5.56 Å². The molecule has 1 atom stereocenters. The van der Waals surface area contributed by atoms with E-state index in [2.05, 4.69) is 12.2 Å². The quantitative estimate of drug-likeness (QED) is 0.830. The van der Waals surface area contributed by atoms with Crippen LogP contribution in [0.25, 0.3) is 0 Å². The van der Waals surface area contributed by atoms with Crippen molar-refractivity contribution in [2.75, 3.05) is 13.2 Å². The van der Waals surface area contributed by atoms with Crippen molar-refractivity contribution in [1.29, 1.82) is 0 Å². The zero-order chi connectivity index (χ0) is 9.97. The normalized spacial score (nSPS) is 19.1. The fraction of sp³-hybridized carbons (Fsp3) is 0.455. The number of hydrogen-bond donors (Lipinski definition) is 1. The SMILES string of the molecule is CCCNC1COc2cc(Cl)ccc21. The Hall–Kier alpha value is -0.730. The van der Waals surface area contributed by atoms with E-state index in [1.54, 1.807) is 0 Å². The first-order valence-corrected chi connectivity index (χ1v) is 5.34. The minimum absolute atomic E-state index is 0.335. The maximum absolute atomic E-state index is 5.88. The van der Waals surface area contributed by atoms with E-state index < -0.39 is 0 Å². The largest absolute Gasteiger partial charge is 0.491 e. The second kappa shape index (κ2) is 4.20. The number of ether oxygens (including phenoxy) is 1. The fourth-order valence-corrected chi connectivity index (χ4v) is 1.83. The molecule has 0 bridgehead atoms. The molecule has 0 saturated carbocycles. The van der Waals surface area contributed by atoms with Gasteiger partial charge < -0.3 is 10.1 Å². The van der Waals surface area contributed by atoms with Crippen molar-refractivity contribution >= 4 is 11.6 Å². The van der Waals surface area contributed by atoms with E-state index in [9.17, 15) is 0 Å². The van der Waals surface area contributed by atoms with Crippen molar-refractivity contribution in [2.45, 2.75) is 19.4 Å². The van der Waals surface area contributed by atoms with E-state index in [4.69, 9.17) is 16.3 Å². The Labute approximate surface area is 89.2 Å². The van der Waals surface area contributed by atoms with Gasteiger partial charge in [-0.1, -0.05) is 24.6 Å². The van der Waals surface area contributed by atoms with Crippen molar-refractivity contribution in [1.82, 2.24) is 5.32 Å². The van der Waals surface area contributed by atoms with Gasteiger partial charge in [0.15, 0.2) is 0 Å². The number of halogens is 1. The molecule has 2 nitrogen and oxygen atoms in total. The third-order valence-corrected chi connectivity index (χ3v) is 2.63. The first kappa shape index (κ1) is 9.81. The van der Waals surface area contributed by atoms with Crippen LogP contribution < -0.4 is 10.1 Å². The molecule has 1 aliphatic rings. The maximum Gasteiger partial charge on any atom is 0.125 e. The van der Waals surface area contributed by atoms with Crippen LogP contribution >= 0.6 is 11.6 Å². The van der Waals surface area contributed by atoms with Crippen molar-refractivity contribution in [2.24, 2.45) is 0 Å². The average molecular weight is 212 g/mol. The highest BCUT2D eigenvalue weighted by Crippen LogP contribution is 2.34.